The fourth-order valence-corrected chi connectivity index (χ4v) is 3.02. The molecule has 3 heterocycles. The molecule has 1 unspecified atom stereocenters. The molecule has 2 aromatic rings. The molecule has 2 aromatic heterocycles. The Bertz CT molecular complexity index is 764. The molecule has 6 N–H and O–H groups in total. The molecule has 4 atom stereocenters. The first-order valence-corrected chi connectivity index (χ1v) is 7.96. The van der Waals surface area contributed by atoms with Crippen LogP contribution in [0.2, 0.25) is 0 Å². The first-order chi connectivity index (χ1) is 10.8. The molecule has 1 aliphatic heterocycles. The van der Waals surface area contributed by atoms with Crippen molar-refractivity contribution in [2.45, 2.75) is 32.0 Å². The van der Waals surface area contributed by atoms with Gasteiger partial charge in [0, 0.05) is 0 Å². The minimum atomic E-state index is -4.88. The van der Waals surface area contributed by atoms with E-state index >= 15 is 0 Å². The van der Waals surface area contributed by atoms with Crippen LogP contribution < -0.4 is 5.73 Å². The molecule has 1 aliphatic rings. The number of hydrogen-bond donors (Lipinski definition) is 5. The number of phosphoric ester groups is 1. The summed E-state index contributed by atoms with van der Waals surface area (Å²) in [5.41, 5.74) is 6.21. The number of aromatic nitrogens is 4. The van der Waals surface area contributed by atoms with E-state index in [1.54, 1.807) is 0 Å². The van der Waals surface area contributed by atoms with Crippen molar-refractivity contribution < 1.29 is 33.8 Å². The van der Waals surface area contributed by atoms with Crippen LogP contribution in [0.15, 0.2) is 12.7 Å². The molecular weight excluding hydrogens is 345 g/mol. The zero-order valence-corrected chi connectivity index (χ0v) is 12.4. The number of nitrogens with two attached hydrogens (primary N) is 1. The van der Waals surface area contributed by atoms with E-state index in [-0.39, 0.29) is 24.4 Å². The van der Waals surface area contributed by atoms with Gasteiger partial charge >= 0.3 is 7.82 Å². The normalized spacial score (nSPS) is 27.3. The van der Waals surface area contributed by atoms with Crippen molar-refractivity contribution in [3.8, 4) is 0 Å². The summed E-state index contributed by atoms with van der Waals surface area (Å²) < 4.78 is 22.3. The summed E-state index contributed by atoms with van der Waals surface area (Å²) in [6, 6.07) is 0. The lowest BCUT2D eigenvalue weighted by atomic mass is 10.1. The largest absolute Gasteiger partial charge is 0.470 e. The standard InChI is InChI=1S/C10H14N5O7P.CH4/c11-8-5-9(13-2-12-8)15(3-14-5)10-6(17)7(4(1-16)21-10)22-23(18,19)20;/h2-4,6-7,10,16-17H,1H2,(H2,11,12,13)(H2,18,19,20);1H4/t4-,6+,7?,10-;/m1./s1. The number of nitrogen functional groups attached to an aromatic ring is 1. The van der Waals surface area contributed by atoms with E-state index in [9.17, 15) is 14.8 Å². The summed E-state index contributed by atoms with van der Waals surface area (Å²) in [7, 11) is -4.88. The minimum Gasteiger partial charge on any atom is -0.394 e. The van der Waals surface area contributed by atoms with E-state index in [0.717, 1.165) is 0 Å². The van der Waals surface area contributed by atoms with Crippen LogP contribution >= 0.6 is 7.82 Å². The predicted molar refractivity (Wildman–Crippen MR) is 80.4 cm³/mol. The molecule has 0 aliphatic carbocycles. The number of ether oxygens (including phenoxy) is 1. The Morgan fingerprint density at radius 3 is 2.71 bits per heavy atom. The molecule has 1 saturated heterocycles. The smallest absolute Gasteiger partial charge is 0.394 e. The second-order valence-corrected chi connectivity index (χ2v) is 6.07. The molecule has 1 fully saturated rings. The Kier molecular flexibility index (Phi) is 5.20. The van der Waals surface area contributed by atoms with E-state index in [2.05, 4.69) is 19.5 Å². The van der Waals surface area contributed by atoms with Crippen LogP contribution in [0.4, 0.5) is 5.82 Å². The average Bonchev–Trinajstić information content (AvgIpc) is 3.01. The van der Waals surface area contributed by atoms with E-state index in [1.807, 2.05) is 0 Å². The fraction of sp³-hybridized carbons (Fsp3) is 0.545. The van der Waals surface area contributed by atoms with Gasteiger partial charge in [0.15, 0.2) is 17.7 Å². The van der Waals surface area contributed by atoms with E-state index in [1.165, 1.54) is 17.2 Å². The quantitative estimate of drug-likeness (QED) is 0.409. The maximum Gasteiger partial charge on any atom is 0.470 e. The second kappa shape index (κ2) is 6.69. The second-order valence-electron chi connectivity index (χ2n) is 4.88. The van der Waals surface area contributed by atoms with Crippen molar-refractivity contribution in [2.24, 2.45) is 0 Å². The molecule has 0 saturated carbocycles. The number of nitrogens with zero attached hydrogens (tertiary/aromatic N) is 4. The van der Waals surface area contributed by atoms with Crippen molar-refractivity contribution in [3.63, 3.8) is 0 Å². The third-order valence-electron chi connectivity index (χ3n) is 3.41. The van der Waals surface area contributed by atoms with Crippen molar-refractivity contribution in [1.82, 2.24) is 19.5 Å². The number of imidazole rings is 1. The number of rotatable bonds is 4. The Labute approximate surface area is 136 Å². The minimum absolute atomic E-state index is 0. The van der Waals surface area contributed by atoms with Gasteiger partial charge in [-0.05, 0) is 0 Å². The molecular formula is C11H18N5O7P. The summed E-state index contributed by atoms with van der Waals surface area (Å²) >= 11 is 0. The molecule has 0 radical (unpaired) electrons. The summed E-state index contributed by atoms with van der Waals surface area (Å²) in [6.45, 7) is -0.609. The van der Waals surface area contributed by atoms with E-state index in [4.69, 9.17) is 20.3 Å². The van der Waals surface area contributed by atoms with Crippen molar-refractivity contribution in [1.29, 1.82) is 0 Å². The molecule has 13 heteroatoms. The lowest BCUT2D eigenvalue weighted by molar-refractivity contribution is -0.0509. The Morgan fingerprint density at radius 2 is 2.08 bits per heavy atom. The van der Waals surface area contributed by atoms with Crippen molar-refractivity contribution >= 4 is 24.8 Å². The van der Waals surface area contributed by atoms with Crippen LogP contribution in [0.3, 0.4) is 0 Å². The topological polar surface area (TPSA) is 186 Å². The molecule has 134 valence electrons. The highest BCUT2D eigenvalue weighted by Gasteiger charge is 2.48. The van der Waals surface area contributed by atoms with Gasteiger partial charge in [0.25, 0.3) is 0 Å². The summed E-state index contributed by atoms with van der Waals surface area (Å²) in [6.07, 6.45) is -2.68. The summed E-state index contributed by atoms with van der Waals surface area (Å²) in [5, 5.41) is 19.6. The summed E-state index contributed by atoms with van der Waals surface area (Å²) in [4.78, 5) is 29.6. The zero-order chi connectivity index (χ0) is 16.8. The van der Waals surface area contributed by atoms with Crippen LogP contribution in [0.25, 0.3) is 11.2 Å². The van der Waals surface area contributed by atoms with E-state index < -0.39 is 39.0 Å². The maximum atomic E-state index is 11.0. The number of aliphatic hydroxyl groups excluding tert-OH is 2. The Balaban J connectivity index is 0.00000208. The zero-order valence-electron chi connectivity index (χ0n) is 11.5. The van der Waals surface area contributed by atoms with Crippen LogP contribution in [0, 0.1) is 0 Å². The van der Waals surface area contributed by atoms with Crippen molar-refractivity contribution in [2.75, 3.05) is 12.3 Å². The molecule has 0 amide bonds. The highest BCUT2D eigenvalue weighted by atomic mass is 31.2. The molecule has 0 bridgehead atoms. The molecule has 3 rings (SSSR count). The van der Waals surface area contributed by atoms with Crippen LogP contribution in [-0.4, -0.2) is 64.4 Å². The Hall–Kier alpha value is -1.66. The monoisotopic (exact) mass is 363 g/mol. The number of fused-ring (bicyclic) bond motifs is 1. The van der Waals surface area contributed by atoms with Gasteiger partial charge in [-0.2, -0.15) is 0 Å². The van der Waals surface area contributed by atoms with Crippen LogP contribution in [0.5, 0.6) is 0 Å². The Morgan fingerprint density at radius 1 is 1.38 bits per heavy atom. The third-order valence-corrected chi connectivity index (χ3v) is 3.93. The van der Waals surface area contributed by atoms with Gasteiger partial charge in [0.2, 0.25) is 0 Å². The lowest BCUT2D eigenvalue weighted by Crippen LogP contribution is -2.35. The molecule has 24 heavy (non-hydrogen) atoms. The van der Waals surface area contributed by atoms with Gasteiger partial charge in [-0.15, -0.1) is 0 Å². The predicted octanol–water partition coefficient (Wildman–Crippen LogP) is -1.23. The lowest BCUT2D eigenvalue weighted by Gasteiger charge is -2.19. The highest BCUT2D eigenvalue weighted by Crippen LogP contribution is 2.44. The highest BCUT2D eigenvalue weighted by molar-refractivity contribution is 7.46. The fourth-order valence-electron chi connectivity index (χ4n) is 2.44. The van der Waals surface area contributed by atoms with Gasteiger partial charge in [-0.25, -0.2) is 19.5 Å². The number of phosphoric acid groups is 1. The van der Waals surface area contributed by atoms with Gasteiger partial charge in [-0.3, -0.25) is 9.09 Å². The number of anilines is 1. The molecule has 0 aromatic carbocycles. The number of aliphatic hydroxyl groups is 2. The summed E-state index contributed by atoms with van der Waals surface area (Å²) in [5.74, 6) is 0.128. The average molecular weight is 363 g/mol. The van der Waals surface area contributed by atoms with Crippen LogP contribution in [0.1, 0.15) is 13.7 Å². The van der Waals surface area contributed by atoms with Gasteiger partial charge < -0.3 is 30.5 Å². The van der Waals surface area contributed by atoms with E-state index in [0.29, 0.717) is 0 Å². The molecule has 0 spiro atoms. The van der Waals surface area contributed by atoms with Crippen LogP contribution in [-0.2, 0) is 13.8 Å². The first-order valence-electron chi connectivity index (χ1n) is 6.43. The van der Waals surface area contributed by atoms with Gasteiger partial charge in [0.1, 0.15) is 30.2 Å². The maximum absolute atomic E-state index is 11.0. The first kappa shape index (κ1) is 18.7. The molecule has 12 nitrogen and oxygen atoms in total. The van der Waals surface area contributed by atoms with Gasteiger partial charge in [-0.1, -0.05) is 7.43 Å². The number of hydrogen-bond acceptors (Lipinski definition) is 9. The van der Waals surface area contributed by atoms with Gasteiger partial charge in [0.05, 0.1) is 12.9 Å². The van der Waals surface area contributed by atoms with Crippen molar-refractivity contribution in [3.05, 3.63) is 12.7 Å². The third kappa shape index (κ3) is 3.26. The SMILES string of the molecule is C.Nc1ncnc2c1ncn2[C@@H]1O[C@H](CO)C(OP(=O)(O)O)[C@@H]1O.